The average Bonchev–Trinajstić information content (AvgIpc) is 2.79. The number of hydrogen-bond acceptors (Lipinski definition) is 2. The maximum atomic E-state index is 11.8. The molecule has 3 saturated carbocycles. The third-order valence-electron chi connectivity index (χ3n) is 8.55. The van der Waals surface area contributed by atoms with E-state index in [0.717, 1.165) is 43.9 Å². The molecule has 7 atom stereocenters. The molecule has 0 aromatic carbocycles. The van der Waals surface area contributed by atoms with Gasteiger partial charge in [-0.25, -0.2) is 0 Å². The summed E-state index contributed by atoms with van der Waals surface area (Å²) < 4.78 is 0. The lowest BCUT2D eigenvalue weighted by atomic mass is 9.48. The Morgan fingerprint density at radius 3 is 2.78 bits per heavy atom. The Balaban J connectivity index is 1.68. The van der Waals surface area contributed by atoms with E-state index in [1.54, 1.807) is 0 Å². The van der Waals surface area contributed by atoms with E-state index in [1.165, 1.54) is 24.8 Å². The summed E-state index contributed by atoms with van der Waals surface area (Å²) in [7, 11) is 0. The molecule has 0 aliphatic heterocycles. The molecule has 128 valence electrons. The van der Waals surface area contributed by atoms with Crippen molar-refractivity contribution in [3.63, 3.8) is 0 Å². The number of rotatable bonds is 1. The summed E-state index contributed by atoms with van der Waals surface area (Å²) in [5.41, 5.74) is 1.13. The quantitative estimate of drug-likeness (QED) is 0.772. The van der Waals surface area contributed by atoms with Gasteiger partial charge in [0.1, 0.15) is 0 Å². The van der Waals surface area contributed by atoms with Gasteiger partial charge in [-0.3, -0.25) is 4.79 Å². The molecule has 0 aromatic rings. The molecule has 0 aromatic heterocycles. The van der Waals surface area contributed by atoms with Crippen molar-refractivity contribution in [2.75, 3.05) is 0 Å². The van der Waals surface area contributed by atoms with Gasteiger partial charge < -0.3 is 5.11 Å². The van der Waals surface area contributed by atoms with Gasteiger partial charge in [0.2, 0.25) is 0 Å². The van der Waals surface area contributed by atoms with Gasteiger partial charge >= 0.3 is 0 Å². The summed E-state index contributed by atoms with van der Waals surface area (Å²) in [6.45, 7) is 6.95. The Hall–Kier alpha value is -0.630. The molecular formula is C21H32O2. The molecule has 0 spiro atoms. The van der Waals surface area contributed by atoms with Gasteiger partial charge in [0, 0.05) is 6.42 Å². The minimum Gasteiger partial charge on any atom is -0.389 e. The lowest BCUT2D eigenvalue weighted by Gasteiger charge is -2.57. The number of carbonyl (C=O) groups is 1. The van der Waals surface area contributed by atoms with E-state index in [2.05, 4.69) is 20.8 Å². The van der Waals surface area contributed by atoms with Crippen LogP contribution in [0, 0.1) is 35.0 Å². The monoisotopic (exact) mass is 316 g/mol. The van der Waals surface area contributed by atoms with Crippen molar-refractivity contribution in [2.24, 2.45) is 35.0 Å². The Bertz CT molecular complexity index is 550. The number of carbonyl (C=O) groups excluding carboxylic acids is 1. The first-order valence-electron chi connectivity index (χ1n) is 9.85. The molecule has 4 aliphatic rings. The molecule has 0 saturated heterocycles. The van der Waals surface area contributed by atoms with Crippen molar-refractivity contribution in [1.82, 2.24) is 0 Å². The molecule has 2 nitrogen and oxygen atoms in total. The van der Waals surface area contributed by atoms with Crippen LogP contribution in [0.15, 0.2) is 11.6 Å². The van der Waals surface area contributed by atoms with E-state index < -0.39 is 5.60 Å². The van der Waals surface area contributed by atoms with Gasteiger partial charge in [-0.2, -0.15) is 0 Å². The van der Waals surface area contributed by atoms with Crippen LogP contribution in [-0.4, -0.2) is 16.5 Å². The van der Waals surface area contributed by atoms with Crippen LogP contribution in [-0.2, 0) is 4.79 Å². The van der Waals surface area contributed by atoms with E-state index in [1.807, 2.05) is 6.08 Å². The Labute approximate surface area is 140 Å². The van der Waals surface area contributed by atoms with E-state index in [4.69, 9.17) is 0 Å². The number of ketones is 1. The minimum absolute atomic E-state index is 0.114. The normalized spacial score (nSPS) is 52.4. The molecule has 4 aliphatic carbocycles. The number of fused-ring (bicyclic) bond motifs is 5. The largest absolute Gasteiger partial charge is 0.389 e. The molecule has 0 amide bonds. The summed E-state index contributed by atoms with van der Waals surface area (Å²) >= 11 is 0. The fraction of sp³-hybridized carbons (Fsp3) is 0.857. The highest BCUT2D eigenvalue weighted by Gasteiger charge is 2.62. The Kier molecular flexibility index (Phi) is 3.58. The van der Waals surface area contributed by atoms with Crippen molar-refractivity contribution >= 4 is 5.78 Å². The second-order valence-corrected chi connectivity index (χ2v) is 9.24. The van der Waals surface area contributed by atoms with E-state index in [0.29, 0.717) is 23.5 Å². The molecule has 0 unspecified atom stereocenters. The zero-order valence-electron chi connectivity index (χ0n) is 15.0. The van der Waals surface area contributed by atoms with Crippen molar-refractivity contribution in [1.29, 1.82) is 0 Å². The third-order valence-corrected chi connectivity index (χ3v) is 8.55. The summed E-state index contributed by atoms with van der Waals surface area (Å²) in [4.78, 5) is 11.8. The highest BCUT2D eigenvalue weighted by atomic mass is 16.3. The van der Waals surface area contributed by atoms with Crippen LogP contribution < -0.4 is 0 Å². The van der Waals surface area contributed by atoms with Crippen molar-refractivity contribution in [3.05, 3.63) is 11.6 Å². The summed E-state index contributed by atoms with van der Waals surface area (Å²) in [6, 6.07) is 0. The number of allylic oxidation sites excluding steroid dienone is 1. The van der Waals surface area contributed by atoms with Crippen molar-refractivity contribution in [2.45, 2.75) is 77.7 Å². The third kappa shape index (κ3) is 2.06. The summed E-state index contributed by atoms with van der Waals surface area (Å²) in [6.07, 6.45) is 10.5. The van der Waals surface area contributed by atoms with Crippen LogP contribution in [0.3, 0.4) is 0 Å². The van der Waals surface area contributed by atoms with Crippen molar-refractivity contribution < 1.29 is 9.90 Å². The smallest absolute Gasteiger partial charge is 0.155 e. The molecule has 3 fully saturated rings. The highest BCUT2D eigenvalue weighted by molar-refractivity contribution is 5.91. The fourth-order valence-corrected chi connectivity index (χ4v) is 7.28. The zero-order valence-corrected chi connectivity index (χ0v) is 15.0. The minimum atomic E-state index is -0.443. The predicted molar refractivity (Wildman–Crippen MR) is 91.9 cm³/mol. The molecule has 0 bridgehead atoms. The first-order valence-corrected chi connectivity index (χ1v) is 9.85. The average molecular weight is 316 g/mol. The second kappa shape index (κ2) is 5.18. The molecule has 23 heavy (non-hydrogen) atoms. The van der Waals surface area contributed by atoms with Gasteiger partial charge in [-0.15, -0.1) is 0 Å². The summed E-state index contributed by atoms with van der Waals surface area (Å²) in [5, 5.41) is 11.2. The molecule has 2 heteroatoms. The van der Waals surface area contributed by atoms with Crippen LogP contribution in [0.5, 0.6) is 0 Å². The van der Waals surface area contributed by atoms with Crippen LogP contribution in [0.25, 0.3) is 0 Å². The molecule has 0 heterocycles. The zero-order chi connectivity index (χ0) is 16.4. The fourth-order valence-electron chi connectivity index (χ4n) is 7.28. The molecule has 4 rings (SSSR count). The lowest BCUT2D eigenvalue weighted by Crippen LogP contribution is -2.54. The summed E-state index contributed by atoms with van der Waals surface area (Å²) in [5.74, 6) is 3.87. The highest BCUT2D eigenvalue weighted by Crippen LogP contribution is 2.66. The maximum absolute atomic E-state index is 11.8. The number of hydrogen-bond donors (Lipinski definition) is 1. The first-order chi connectivity index (χ1) is 10.9. The molecular weight excluding hydrogens is 284 g/mol. The van der Waals surface area contributed by atoms with E-state index in [-0.39, 0.29) is 5.41 Å². The van der Waals surface area contributed by atoms with Gasteiger partial charge in [0.25, 0.3) is 0 Å². The second-order valence-electron chi connectivity index (χ2n) is 9.24. The maximum Gasteiger partial charge on any atom is 0.155 e. The van der Waals surface area contributed by atoms with Crippen LogP contribution in [0.2, 0.25) is 0 Å². The molecule has 1 N–H and O–H groups in total. The molecule has 0 radical (unpaired) electrons. The van der Waals surface area contributed by atoms with E-state index in [9.17, 15) is 9.90 Å². The Morgan fingerprint density at radius 1 is 1.26 bits per heavy atom. The Morgan fingerprint density at radius 2 is 2.04 bits per heavy atom. The lowest BCUT2D eigenvalue weighted by molar-refractivity contribution is -0.129. The van der Waals surface area contributed by atoms with Crippen LogP contribution in [0.4, 0.5) is 0 Å². The topological polar surface area (TPSA) is 37.3 Å². The van der Waals surface area contributed by atoms with Gasteiger partial charge in [0.15, 0.2) is 5.78 Å². The van der Waals surface area contributed by atoms with Crippen LogP contribution >= 0.6 is 0 Å². The van der Waals surface area contributed by atoms with Crippen LogP contribution in [0.1, 0.15) is 72.1 Å². The SMILES string of the molecule is CC[C@]1(O)CC[C@H]2[C@H]3[C@H](CC[C@@]21C)[C@H]1CCC(=O)C=C1C[C@H]3C. The predicted octanol–water partition coefficient (Wildman–Crippen LogP) is 4.52. The first kappa shape index (κ1) is 15.9. The van der Waals surface area contributed by atoms with Crippen molar-refractivity contribution in [3.8, 4) is 0 Å². The number of aliphatic hydroxyl groups is 1. The van der Waals surface area contributed by atoms with E-state index >= 15 is 0 Å². The van der Waals surface area contributed by atoms with Gasteiger partial charge in [-0.05, 0) is 86.0 Å². The van der Waals surface area contributed by atoms with Gasteiger partial charge in [0.05, 0.1) is 5.60 Å². The standard InChI is InChI=1S/C21H32O2/c1-4-21(23)10-8-18-19-13(2)11-14-12-15(22)5-6-16(14)17(19)7-9-20(18,21)3/h12-13,16-19,23H,4-11H2,1-3H3/t13-,16+,17-,18+,19-,20+,21+/m1/s1. The van der Waals surface area contributed by atoms with Gasteiger partial charge in [-0.1, -0.05) is 26.3 Å².